The molecule has 2 rings (SSSR count). The molecule has 0 aliphatic heterocycles. The van der Waals surface area contributed by atoms with E-state index < -0.39 is 0 Å². The largest absolute Gasteiger partial charge is 0.323 e. The van der Waals surface area contributed by atoms with Crippen LogP contribution in [0.2, 0.25) is 0 Å². The number of anilines is 1. The van der Waals surface area contributed by atoms with Crippen LogP contribution in [0.1, 0.15) is 40.6 Å². The van der Waals surface area contributed by atoms with E-state index in [2.05, 4.69) is 26.6 Å². The summed E-state index contributed by atoms with van der Waals surface area (Å²) in [7, 11) is 0. The number of amides is 1. The lowest BCUT2D eigenvalue weighted by atomic mass is 10.1. The van der Waals surface area contributed by atoms with Crippen molar-refractivity contribution in [3.63, 3.8) is 0 Å². The zero-order valence-corrected chi connectivity index (χ0v) is 14.3. The van der Waals surface area contributed by atoms with Crippen molar-refractivity contribution in [3.05, 3.63) is 22.3 Å². The van der Waals surface area contributed by atoms with Gasteiger partial charge in [0.15, 0.2) is 10.9 Å². The molecule has 9 heteroatoms. The van der Waals surface area contributed by atoms with Crippen molar-refractivity contribution in [2.24, 2.45) is 0 Å². The molecule has 0 saturated carbocycles. The van der Waals surface area contributed by atoms with Gasteiger partial charge in [-0.3, -0.25) is 9.59 Å². The highest BCUT2D eigenvalue weighted by Gasteiger charge is 2.20. The number of carbonyl (C=O) groups is 2. The molecule has 0 aliphatic carbocycles. The number of aromatic amines is 1. The fourth-order valence-corrected chi connectivity index (χ4v) is 3.63. The van der Waals surface area contributed by atoms with Gasteiger partial charge in [0.25, 0.3) is 0 Å². The van der Waals surface area contributed by atoms with Gasteiger partial charge < -0.3 is 10.3 Å². The highest BCUT2D eigenvalue weighted by molar-refractivity contribution is 7.99. The van der Waals surface area contributed by atoms with Gasteiger partial charge in [-0.15, -0.1) is 21.5 Å². The van der Waals surface area contributed by atoms with E-state index in [0.29, 0.717) is 32.6 Å². The van der Waals surface area contributed by atoms with Gasteiger partial charge in [0.2, 0.25) is 5.91 Å². The maximum absolute atomic E-state index is 12.1. The summed E-state index contributed by atoms with van der Waals surface area (Å²) in [6.45, 7) is 3.66. The van der Waals surface area contributed by atoms with Crippen molar-refractivity contribution in [3.8, 4) is 6.07 Å². The smallest absolute Gasteiger partial charge is 0.235 e. The lowest BCUT2D eigenvalue weighted by molar-refractivity contribution is -0.113. The summed E-state index contributed by atoms with van der Waals surface area (Å²) in [6.07, 6.45) is 2.61. The second-order valence-electron chi connectivity index (χ2n) is 4.68. The Balaban J connectivity index is 2.09. The van der Waals surface area contributed by atoms with Crippen LogP contribution in [-0.2, 0) is 4.79 Å². The van der Waals surface area contributed by atoms with E-state index in [1.165, 1.54) is 18.1 Å². The lowest BCUT2D eigenvalue weighted by Gasteiger charge is -2.01. The number of H-pyrrole nitrogens is 1. The molecular formula is C14H15N5O2S2. The Morgan fingerprint density at radius 1 is 1.52 bits per heavy atom. The Morgan fingerprint density at radius 3 is 2.91 bits per heavy atom. The Hall–Kier alpha value is -2.18. The third-order valence-electron chi connectivity index (χ3n) is 2.98. The standard InChI is InChI=1S/C14H15N5O2S2/c1-3-4-10(20)12-8(2)9(5-15)13(23-12)18-11(21)6-22-14-16-7-17-19-14/h7H,3-4,6H2,1-2H3,(H,18,21)(H,16,17,19). The number of Topliss-reactive ketones (excluding diaryl/α,β-unsaturated/α-hetero) is 1. The van der Waals surface area contributed by atoms with Gasteiger partial charge in [0.1, 0.15) is 17.4 Å². The average molecular weight is 349 g/mol. The zero-order valence-electron chi connectivity index (χ0n) is 12.7. The molecule has 0 saturated heterocycles. The van der Waals surface area contributed by atoms with Gasteiger partial charge in [0, 0.05) is 6.42 Å². The molecule has 120 valence electrons. The number of nitriles is 1. The second kappa shape index (κ2) is 7.89. The van der Waals surface area contributed by atoms with Crippen LogP contribution >= 0.6 is 23.1 Å². The second-order valence-corrected chi connectivity index (χ2v) is 6.66. The number of thioether (sulfide) groups is 1. The third-order valence-corrected chi connectivity index (χ3v) is 5.10. The molecule has 2 heterocycles. The van der Waals surface area contributed by atoms with Crippen molar-refractivity contribution >= 4 is 39.8 Å². The van der Waals surface area contributed by atoms with Crippen LogP contribution in [0.25, 0.3) is 0 Å². The summed E-state index contributed by atoms with van der Waals surface area (Å²) >= 11 is 2.37. The predicted molar refractivity (Wildman–Crippen MR) is 88.7 cm³/mol. The topological polar surface area (TPSA) is 112 Å². The van der Waals surface area contributed by atoms with Gasteiger partial charge in [-0.25, -0.2) is 0 Å². The zero-order chi connectivity index (χ0) is 16.8. The molecule has 2 N–H and O–H groups in total. The number of carbonyl (C=O) groups excluding carboxylic acids is 2. The Bertz CT molecular complexity index is 746. The van der Waals surface area contributed by atoms with Gasteiger partial charge >= 0.3 is 0 Å². The molecular weight excluding hydrogens is 334 g/mol. The summed E-state index contributed by atoms with van der Waals surface area (Å²) < 4.78 is 0. The van der Waals surface area contributed by atoms with E-state index >= 15 is 0 Å². The minimum absolute atomic E-state index is 0.00281. The van der Waals surface area contributed by atoms with Gasteiger partial charge in [-0.05, 0) is 18.9 Å². The molecule has 0 fully saturated rings. The number of hydrogen-bond acceptors (Lipinski definition) is 7. The molecule has 2 aromatic rings. The molecule has 2 aromatic heterocycles. The number of hydrogen-bond donors (Lipinski definition) is 2. The number of nitrogens with zero attached hydrogens (tertiary/aromatic N) is 3. The van der Waals surface area contributed by atoms with Crippen molar-refractivity contribution in [1.82, 2.24) is 15.2 Å². The number of nitrogens with one attached hydrogen (secondary N) is 2. The van der Waals surface area contributed by atoms with Crippen molar-refractivity contribution < 1.29 is 9.59 Å². The molecule has 0 unspecified atom stereocenters. The summed E-state index contributed by atoms with van der Waals surface area (Å²) in [4.78, 5) is 27.4. The first kappa shape index (κ1) is 17.2. The Morgan fingerprint density at radius 2 is 2.30 bits per heavy atom. The molecule has 23 heavy (non-hydrogen) atoms. The number of aromatic nitrogens is 3. The van der Waals surface area contributed by atoms with Crippen LogP contribution in [0.15, 0.2) is 11.5 Å². The summed E-state index contributed by atoms with van der Waals surface area (Å²) in [5, 5.41) is 20.4. The van der Waals surface area contributed by atoms with E-state index in [4.69, 9.17) is 0 Å². The van der Waals surface area contributed by atoms with Crippen molar-refractivity contribution in [2.75, 3.05) is 11.1 Å². The highest BCUT2D eigenvalue weighted by atomic mass is 32.2. The van der Waals surface area contributed by atoms with Gasteiger partial charge in [0.05, 0.1) is 16.2 Å². The van der Waals surface area contributed by atoms with E-state index in [-0.39, 0.29) is 17.4 Å². The van der Waals surface area contributed by atoms with Crippen LogP contribution in [-0.4, -0.2) is 32.6 Å². The summed E-state index contributed by atoms with van der Waals surface area (Å²) in [5.41, 5.74) is 0.988. The molecule has 0 radical (unpaired) electrons. The molecule has 0 aliphatic rings. The minimum Gasteiger partial charge on any atom is -0.323 e. The maximum atomic E-state index is 12.1. The first-order valence-electron chi connectivity index (χ1n) is 6.92. The van der Waals surface area contributed by atoms with Crippen molar-refractivity contribution in [2.45, 2.75) is 31.8 Å². The SMILES string of the molecule is CCCC(=O)c1sc(NC(=O)CSc2nnc[nH]2)c(C#N)c1C. The van der Waals surface area contributed by atoms with E-state index in [1.807, 2.05) is 6.92 Å². The first-order valence-corrected chi connectivity index (χ1v) is 8.72. The molecule has 0 atom stereocenters. The van der Waals surface area contributed by atoms with Crippen molar-refractivity contribution in [1.29, 1.82) is 5.26 Å². The average Bonchev–Trinajstić information content (AvgIpc) is 3.13. The summed E-state index contributed by atoms with van der Waals surface area (Å²) in [6, 6.07) is 2.06. The fourth-order valence-electron chi connectivity index (χ4n) is 1.90. The maximum Gasteiger partial charge on any atom is 0.235 e. The molecule has 0 spiro atoms. The monoisotopic (exact) mass is 349 g/mol. The molecule has 0 bridgehead atoms. The predicted octanol–water partition coefficient (Wildman–Crippen LogP) is 2.76. The highest BCUT2D eigenvalue weighted by Crippen LogP contribution is 2.33. The van der Waals surface area contributed by atoms with Crippen LogP contribution in [0.5, 0.6) is 0 Å². The van der Waals surface area contributed by atoms with Crippen LogP contribution in [0.4, 0.5) is 5.00 Å². The minimum atomic E-state index is -0.265. The fraction of sp³-hybridized carbons (Fsp3) is 0.357. The van der Waals surface area contributed by atoms with Gasteiger partial charge in [-0.2, -0.15) is 5.26 Å². The Labute approximate surface area is 141 Å². The number of rotatable bonds is 7. The summed E-state index contributed by atoms with van der Waals surface area (Å²) in [5.74, 6) is -0.128. The number of thiophene rings is 1. The van der Waals surface area contributed by atoms with Crippen LogP contribution in [0.3, 0.4) is 0 Å². The van der Waals surface area contributed by atoms with E-state index in [0.717, 1.165) is 17.8 Å². The molecule has 7 nitrogen and oxygen atoms in total. The van der Waals surface area contributed by atoms with Crippen LogP contribution in [0, 0.1) is 18.3 Å². The normalized spacial score (nSPS) is 10.3. The molecule has 0 aromatic carbocycles. The Kier molecular flexibility index (Phi) is 5.90. The lowest BCUT2D eigenvalue weighted by Crippen LogP contribution is -2.14. The number of ketones is 1. The van der Waals surface area contributed by atoms with E-state index in [9.17, 15) is 14.9 Å². The quantitative estimate of drug-likeness (QED) is 0.587. The first-order chi connectivity index (χ1) is 11.1. The van der Waals surface area contributed by atoms with E-state index in [1.54, 1.807) is 6.92 Å². The van der Waals surface area contributed by atoms with Gasteiger partial charge in [-0.1, -0.05) is 18.7 Å². The third kappa shape index (κ3) is 4.18. The molecule has 1 amide bonds. The van der Waals surface area contributed by atoms with Crippen LogP contribution < -0.4 is 5.32 Å².